The molecule has 2 amide bonds. The van der Waals surface area contributed by atoms with Gasteiger partial charge in [0.1, 0.15) is 18.7 Å². The molecular formula is C25H30N2O6. The topological polar surface area (TPSA) is 125 Å². The molecule has 0 aliphatic heterocycles. The number of hydrogen-bond acceptors (Lipinski definition) is 5. The first-order chi connectivity index (χ1) is 16.0. The average molecular weight is 455 g/mol. The number of carboxylic acids is 1. The Morgan fingerprint density at radius 3 is 2.09 bits per heavy atom. The number of amides is 2. The van der Waals surface area contributed by atoms with E-state index in [0.717, 1.165) is 28.7 Å². The van der Waals surface area contributed by atoms with Crippen molar-refractivity contribution in [3.05, 3.63) is 59.7 Å². The van der Waals surface area contributed by atoms with Crippen molar-refractivity contribution in [3.8, 4) is 11.1 Å². The molecule has 0 fully saturated rings. The lowest BCUT2D eigenvalue weighted by atomic mass is 9.98. The summed E-state index contributed by atoms with van der Waals surface area (Å²) in [5.74, 6) is -1.96. The molecule has 4 N–H and O–H groups in total. The van der Waals surface area contributed by atoms with Crippen LogP contribution in [0.2, 0.25) is 0 Å². The summed E-state index contributed by atoms with van der Waals surface area (Å²) in [6, 6.07) is 13.8. The van der Waals surface area contributed by atoms with Crippen LogP contribution in [-0.2, 0) is 14.3 Å². The lowest BCUT2D eigenvalue weighted by Crippen LogP contribution is -2.52. The van der Waals surface area contributed by atoms with Crippen LogP contribution in [0.4, 0.5) is 4.79 Å². The summed E-state index contributed by atoms with van der Waals surface area (Å²) in [6.45, 7) is 1.69. The molecule has 1 aliphatic rings. The zero-order valence-corrected chi connectivity index (χ0v) is 18.6. The van der Waals surface area contributed by atoms with E-state index in [1.807, 2.05) is 55.5 Å². The number of carbonyl (C=O) groups is 3. The SMILES string of the molecule is CCCCC(NC(=O)OCC1c2ccccc2-c2ccccc21)C(=O)NC(CCO)C(=O)O. The fourth-order valence-electron chi connectivity index (χ4n) is 4.12. The molecule has 176 valence electrons. The standard InChI is InChI=1S/C25H30N2O6/c1-2-3-12-21(23(29)26-22(13-14-28)24(30)31)27-25(32)33-15-20-18-10-6-4-8-16(18)17-9-5-7-11-19(17)20/h4-11,20-22,28H,2-3,12-15H2,1H3,(H,26,29)(H,27,32)(H,30,31). The van der Waals surface area contributed by atoms with Gasteiger partial charge in [-0.2, -0.15) is 0 Å². The van der Waals surface area contributed by atoms with E-state index in [0.29, 0.717) is 12.8 Å². The molecule has 0 radical (unpaired) electrons. The highest BCUT2D eigenvalue weighted by molar-refractivity contribution is 5.89. The average Bonchev–Trinajstić information content (AvgIpc) is 3.13. The molecule has 3 rings (SSSR count). The molecule has 0 heterocycles. The molecule has 2 aromatic rings. The maximum atomic E-state index is 12.6. The summed E-state index contributed by atoms with van der Waals surface area (Å²) in [7, 11) is 0. The number of nitrogens with one attached hydrogen (secondary N) is 2. The highest BCUT2D eigenvalue weighted by Gasteiger charge is 2.30. The predicted molar refractivity (Wildman–Crippen MR) is 123 cm³/mol. The summed E-state index contributed by atoms with van der Waals surface area (Å²) >= 11 is 0. The van der Waals surface area contributed by atoms with Crippen molar-refractivity contribution in [3.63, 3.8) is 0 Å². The molecule has 2 unspecified atom stereocenters. The Morgan fingerprint density at radius 2 is 1.55 bits per heavy atom. The number of carbonyl (C=O) groups excluding carboxylic acids is 2. The van der Waals surface area contributed by atoms with E-state index < -0.39 is 30.1 Å². The first-order valence-electron chi connectivity index (χ1n) is 11.2. The van der Waals surface area contributed by atoms with Crippen molar-refractivity contribution >= 4 is 18.0 Å². The molecule has 0 bridgehead atoms. The van der Waals surface area contributed by atoms with Crippen LogP contribution in [0.25, 0.3) is 11.1 Å². The number of carboxylic acid groups (broad SMARTS) is 1. The molecule has 0 saturated heterocycles. The van der Waals surface area contributed by atoms with Crippen LogP contribution in [-0.4, -0.2) is 53.5 Å². The molecule has 1 aliphatic carbocycles. The third-order valence-electron chi connectivity index (χ3n) is 5.83. The minimum Gasteiger partial charge on any atom is -0.480 e. The van der Waals surface area contributed by atoms with Crippen LogP contribution in [0.3, 0.4) is 0 Å². The number of rotatable bonds is 11. The third kappa shape index (κ3) is 5.90. The van der Waals surface area contributed by atoms with Crippen molar-refractivity contribution in [2.24, 2.45) is 0 Å². The van der Waals surface area contributed by atoms with Gasteiger partial charge in [-0.15, -0.1) is 0 Å². The van der Waals surface area contributed by atoms with E-state index in [-0.39, 0.29) is 25.6 Å². The lowest BCUT2D eigenvalue weighted by Gasteiger charge is -2.21. The van der Waals surface area contributed by atoms with Gasteiger partial charge in [-0.25, -0.2) is 9.59 Å². The Balaban J connectivity index is 1.65. The summed E-state index contributed by atoms with van der Waals surface area (Å²) in [5.41, 5.74) is 4.40. The van der Waals surface area contributed by atoms with Gasteiger partial charge in [0.05, 0.1) is 0 Å². The van der Waals surface area contributed by atoms with Crippen LogP contribution >= 0.6 is 0 Å². The molecule has 0 spiro atoms. The number of aliphatic carboxylic acids is 1. The van der Waals surface area contributed by atoms with E-state index in [1.165, 1.54) is 0 Å². The normalized spacial score (nSPS) is 14.0. The van der Waals surface area contributed by atoms with Crippen molar-refractivity contribution in [1.82, 2.24) is 10.6 Å². The number of aliphatic hydroxyl groups is 1. The zero-order valence-electron chi connectivity index (χ0n) is 18.6. The maximum absolute atomic E-state index is 12.6. The van der Waals surface area contributed by atoms with Gasteiger partial charge < -0.3 is 25.6 Å². The van der Waals surface area contributed by atoms with Crippen molar-refractivity contribution < 1.29 is 29.3 Å². The van der Waals surface area contributed by atoms with E-state index in [1.54, 1.807) is 0 Å². The Kier molecular flexibility index (Phi) is 8.43. The third-order valence-corrected chi connectivity index (χ3v) is 5.83. The summed E-state index contributed by atoms with van der Waals surface area (Å²) in [6.07, 6.45) is 0.959. The predicted octanol–water partition coefficient (Wildman–Crippen LogP) is 3.04. The Hall–Kier alpha value is -3.39. The van der Waals surface area contributed by atoms with Gasteiger partial charge >= 0.3 is 12.1 Å². The van der Waals surface area contributed by atoms with Crippen LogP contribution in [0.1, 0.15) is 49.7 Å². The van der Waals surface area contributed by atoms with E-state index >= 15 is 0 Å². The first kappa shape index (κ1) is 24.3. The minimum atomic E-state index is -1.24. The van der Waals surface area contributed by atoms with Gasteiger partial charge in [0.25, 0.3) is 0 Å². The lowest BCUT2D eigenvalue weighted by molar-refractivity contribution is -0.142. The summed E-state index contributed by atoms with van der Waals surface area (Å²) < 4.78 is 5.51. The van der Waals surface area contributed by atoms with Crippen molar-refractivity contribution in [2.45, 2.75) is 50.6 Å². The van der Waals surface area contributed by atoms with Gasteiger partial charge in [-0.05, 0) is 28.7 Å². The second-order valence-corrected chi connectivity index (χ2v) is 8.08. The molecule has 2 aromatic carbocycles. The second-order valence-electron chi connectivity index (χ2n) is 8.08. The molecule has 0 saturated carbocycles. The highest BCUT2D eigenvalue weighted by Crippen LogP contribution is 2.44. The molecule has 0 aromatic heterocycles. The number of fused-ring (bicyclic) bond motifs is 3. The number of unbranched alkanes of at least 4 members (excludes halogenated alkanes) is 1. The highest BCUT2D eigenvalue weighted by atomic mass is 16.5. The number of aliphatic hydroxyl groups excluding tert-OH is 1. The largest absolute Gasteiger partial charge is 0.480 e. The second kappa shape index (κ2) is 11.5. The van der Waals surface area contributed by atoms with Crippen LogP contribution in [0.15, 0.2) is 48.5 Å². The molecule has 2 atom stereocenters. The summed E-state index contributed by atoms with van der Waals surface area (Å²) in [4.78, 5) is 36.5. The fourth-order valence-corrected chi connectivity index (χ4v) is 4.12. The number of hydrogen-bond donors (Lipinski definition) is 4. The summed E-state index contributed by atoms with van der Waals surface area (Å²) in [5, 5.41) is 23.2. The number of ether oxygens (including phenoxy) is 1. The number of benzene rings is 2. The van der Waals surface area contributed by atoms with Crippen LogP contribution in [0.5, 0.6) is 0 Å². The Bertz CT molecular complexity index is 947. The molecule has 33 heavy (non-hydrogen) atoms. The Morgan fingerprint density at radius 1 is 0.939 bits per heavy atom. The van der Waals surface area contributed by atoms with Gasteiger partial charge in [-0.1, -0.05) is 68.3 Å². The molecule has 8 nitrogen and oxygen atoms in total. The van der Waals surface area contributed by atoms with Crippen molar-refractivity contribution in [1.29, 1.82) is 0 Å². The Labute approximate surface area is 193 Å². The quantitative estimate of drug-likeness (QED) is 0.414. The smallest absolute Gasteiger partial charge is 0.407 e. The molecular weight excluding hydrogens is 424 g/mol. The van der Waals surface area contributed by atoms with Crippen molar-refractivity contribution in [2.75, 3.05) is 13.2 Å². The van der Waals surface area contributed by atoms with Gasteiger partial charge in [0.15, 0.2) is 0 Å². The fraction of sp³-hybridized carbons (Fsp3) is 0.400. The van der Waals surface area contributed by atoms with Gasteiger partial charge in [0.2, 0.25) is 5.91 Å². The van der Waals surface area contributed by atoms with Gasteiger partial charge in [-0.3, -0.25) is 4.79 Å². The van der Waals surface area contributed by atoms with E-state index in [4.69, 9.17) is 9.84 Å². The zero-order chi connectivity index (χ0) is 23.8. The number of alkyl carbamates (subject to hydrolysis) is 1. The van der Waals surface area contributed by atoms with Gasteiger partial charge in [0, 0.05) is 18.9 Å². The minimum absolute atomic E-state index is 0.105. The maximum Gasteiger partial charge on any atom is 0.407 e. The van der Waals surface area contributed by atoms with Crippen LogP contribution < -0.4 is 10.6 Å². The monoisotopic (exact) mass is 454 g/mol. The first-order valence-corrected chi connectivity index (χ1v) is 11.2. The van der Waals surface area contributed by atoms with E-state index in [9.17, 15) is 19.5 Å². The molecule has 8 heteroatoms. The van der Waals surface area contributed by atoms with E-state index in [2.05, 4.69) is 10.6 Å². The van der Waals surface area contributed by atoms with Crippen LogP contribution in [0, 0.1) is 0 Å².